The molecule has 0 atom stereocenters. The van der Waals surface area contributed by atoms with E-state index in [-0.39, 0.29) is 0 Å². The van der Waals surface area contributed by atoms with Crippen LogP contribution in [0.3, 0.4) is 0 Å². The van der Waals surface area contributed by atoms with Crippen molar-refractivity contribution in [3.05, 3.63) is 0 Å². The smallest absolute Gasteiger partial charge is 0.133 e. The van der Waals surface area contributed by atoms with Gasteiger partial charge in [0.15, 0.2) is 0 Å². The molecule has 1 aliphatic heterocycles. The predicted molar refractivity (Wildman–Crippen MR) is 58.9 cm³/mol. The van der Waals surface area contributed by atoms with Gasteiger partial charge < -0.3 is 9.47 Å². The minimum absolute atomic E-state index is 0.390. The Labute approximate surface area is 92.1 Å². The number of rotatable bonds is 7. The average Bonchev–Trinajstić information content (AvgIpc) is 2.26. The summed E-state index contributed by atoms with van der Waals surface area (Å²) in [4.78, 5) is 11.6. The third-order valence-electron chi connectivity index (χ3n) is 2.81. The van der Waals surface area contributed by atoms with Gasteiger partial charge in [-0.2, -0.15) is 0 Å². The highest BCUT2D eigenvalue weighted by Crippen LogP contribution is 2.19. The SMILES string of the molecule is CCOCCCC(=O)CC1CCOCC1. The number of ketones is 1. The van der Waals surface area contributed by atoms with Gasteiger partial charge in [-0.3, -0.25) is 4.79 Å². The Kier molecular flexibility index (Phi) is 6.60. The lowest BCUT2D eigenvalue weighted by molar-refractivity contribution is -0.121. The van der Waals surface area contributed by atoms with Crippen molar-refractivity contribution in [3.8, 4) is 0 Å². The Morgan fingerprint density at radius 2 is 2.13 bits per heavy atom. The molecule has 0 spiro atoms. The van der Waals surface area contributed by atoms with Crippen LogP contribution in [0, 0.1) is 5.92 Å². The van der Waals surface area contributed by atoms with Crippen molar-refractivity contribution in [3.63, 3.8) is 0 Å². The van der Waals surface area contributed by atoms with Crippen LogP contribution in [0.15, 0.2) is 0 Å². The molecule has 3 nitrogen and oxygen atoms in total. The van der Waals surface area contributed by atoms with Gasteiger partial charge in [0.05, 0.1) is 0 Å². The van der Waals surface area contributed by atoms with E-state index in [1.807, 2.05) is 6.92 Å². The molecule has 1 aliphatic rings. The van der Waals surface area contributed by atoms with Crippen molar-refractivity contribution in [2.45, 2.75) is 39.0 Å². The van der Waals surface area contributed by atoms with Gasteiger partial charge in [0.25, 0.3) is 0 Å². The van der Waals surface area contributed by atoms with Gasteiger partial charge in [0.2, 0.25) is 0 Å². The molecule has 0 aromatic heterocycles. The van der Waals surface area contributed by atoms with Gasteiger partial charge in [-0.05, 0) is 32.1 Å². The lowest BCUT2D eigenvalue weighted by Crippen LogP contribution is -2.18. The minimum Gasteiger partial charge on any atom is -0.382 e. The van der Waals surface area contributed by atoms with E-state index in [0.717, 1.165) is 52.1 Å². The summed E-state index contributed by atoms with van der Waals surface area (Å²) >= 11 is 0. The van der Waals surface area contributed by atoms with E-state index in [2.05, 4.69) is 0 Å². The second-order valence-corrected chi connectivity index (χ2v) is 4.10. The maximum atomic E-state index is 11.6. The normalized spacial score (nSPS) is 17.9. The quantitative estimate of drug-likeness (QED) is 0.609. The third kappa shape index (κ3) is 5.90. The second kappa shape index (κ2) is 7.83. The van der Waals surface area contributed by atoms with Crippen molar-refractivity contribution in [2.24, 2.45) is 5.92 Å². The highest BCUT2D eigenvalue weighted by molar-refractivity contribution is 5.78. The van der Waals surface area contributed by atoms with Gasteiger partial charge in [0.1, 0.15) is 5.78 Å². The largest absolute Gasteiger partial charge is 0.382 e. The summed E-state index contributed by atoms with van der Waals surface area (Å²) in [6.07, 6.45) is 4.40. The van der Waals surface area contributed by atoms with E-state index in [1.54, 1.807) is 0 Å². The van der Waals surface area contributed by atoms with Gasteiger partial charge in [-0.1, -0.05) is 0 Å². The van der Waals surface area contributed by atoms with Crippen LogP contribution in [0.25, 0.3) is 0 Å². The minimum atomic E-state index is 0.390. The maximum Gasteiger partial charge on any atom is 0.133 e. The molecule has 0 bridgehead atoms. The molecule has 0 amide bonds. The monoisotopic (exact) mass is 214 g/mol. The fourth-order valence-electron chi connectivity index (χ4n) is 1.89. The number of hydrogen-bond acceptors (Lipinski definition) is 3. The number of Topliss-reactive ketones (excluding diaryl/α,β-unsaturated/α-hetero) is 1. The lowest BCUT2D eigenvalue weighted by atomic mass is 9.93. The molecule has 1 saturated heterocycles. The van der Waals surface area contributed by atoms with Crippen molar-refractivity contribution >= 4 is 5.78 Å². The molecule has 0 radical (unpaired) electrons. The van der Waals surface area contributed by atoms with Crippen LogP contribution in [0.1, 0.15) is 39.0 Å². The first-order valence-electron chi connectivity index (χ1n) is 6.00. The summed E-state index contributed by atoms with van der Waals surface area (Å²) in [6.45, 7) is 5.10. The molecular weight excluding hydrogens is 192 g/mol. The Balaban J connectivity index is 2.01. The van der Waals surface area contributed by atoms with Crippen LogP contribution in [-0.2, 0) is 14.3 Å². The van der Waals surface area contributed by atoms with Crippen LogP contribution in [0.5, 0.6) is 0 Å². The average molecular weight is 214 g/mol. The van der Waals surface area contributed by atoms with Crippen LogP contribution in [-0.4, -0.2) is 32.2 Å². The van der Waals surface area contributed by atoms with E-state index in [1.165, 1.54) is 0 Å². The molecule has 3 heteroatoms. The van der Waals surface area contributed by atoms with Crippen molar-refractivity contribution in [2.75, 3.05) is 26.4 Å². The van der Waals surface area contributed by atoms with Gasteiger partial charge in [-0.25, -0.2) is 0 Å². The molecule has 1 rings (SSSR count). The summed E-state index contributed by atoms with van der Waals surface area (Å²) < 4.78 is 10.5. The van der Waals surface area contributed by atoms with Crippen LogP contribution in [0.4, 0.5) is 0 Å². The van der Waals surface area contributed by atoms with E-state index in [4.69, 9.17) is 9.47 Å². The molecule has 88 valence electrons. The summed E-state index contributed by atoms with van der Waals surface area (Å²) in [7, 11) is 0. The summed E-state index contributed by atoms with van der Waals surface area (Å²) in [5, 5.41) is 0. The molecule has 0 aliphatic carbocycles. The summed E-state index contributed by atoms with van der Waals surface area (Å²) in [5.41, 5.74) is 0. The molecule has 0 N–H and O–H groups in total. The molecule has 15 heavy (non-hydrogen) atoms. The zero-order valence-electron chi connectivity index (χ0n) is 9.67. The summed E-state index contributed by atoms with van der Waals surface area (Å²) in [5.74, 6) is 0.958. The van der Waals surface area contributed by atoms with Crippen molar-refractivity contribution in [1.82, 2.24) is 0 Å². The fourth-order valence-corrected chi connectivity index (χ4v) is 1.89. The second-order valence-electron chi connectivity index (χ2n) is 4.10. The molecule has 0 saturated carbocycles. The molecule has 1 fully saturated rings. The van der Waals surface area contributed by atoms with Gasteiger partial charge in [-0.15, -0.1) is 0 Å². The number of carbonyl (C=O) groups is 1. The molecule has 1 heterocycles. The molecule has 0 aromatic rings. The zero-order chi connectivity index (χ0) is 10.9. The van der Waals surface area contributed by atoms with Crippen LogP contribution in [0.2, 0.25) is 0 Å². The van der Waals surface area contributed by atoms with Crippen molar-refractivity contribution < 1.29 is 14.3 Å². The van der Waals surface area contributed by atoms with Gasteiger partial charge in [0, 0.05) is 39.3 Å². The van der Waals surface area contributed by atoms with E-state index in [9.17, 15) is 4.79 Å². The fraction of sp³-hybridized carbons (Fsp3) is 0.917. The topological polar surface area (TPSA) is 35.5 Å². The van der Waals surface area contributed by atoms with Crippen LogP contribution >= 0.6 is 0 Å². The number of hydrogen-bond donors (Lipinski definition) is 0. The van der Waals surface area contributed by atoms with Crippen molar-refractivity contribution in [1.29, 1.82) is 0 Å². The lowest BCUT2D eigenvalue weighted by Gasteiger charge is -2.21. The Bertz CT molecular complexity index is 174. The first-order chi connectivity index (χ1) is 7.33. The first kappa shape index (κ1) is 12.7. The van der Waals surface area contributed by atoms with E-state index in [0.29, 0.717) is 18.1 Å². The molecular formula is C12H22O3. The predicted octanol–water partition coefficient (Wildman–Crippen LogP) is 2.19. The maximum absolute atomic E-state index is 11.6. The van der Waals surface area contributed by atoms with E-state index < -0.39 is 0 Å². The Morgan fingerprint density at radius 3 is 2.80 bits per heavy atom. The highest BCUT2D eigenvalue weighted by Gasteiger charge is 2.16. The first-order valence-corrected chi connectivity index (χ1v) is 6.00. The Hall–Kier alpha value is -0.410. The third-order valence-corrected chi connectivity index (χ3v) is 2.81. The van der Waals surface area contributed by atoms with Gasteiger partial charge >= 0.3 is 0 Å². The van der Waals surface area contributed by atoms with Crippen LogP contribution < -0.4 is 0 Å². The standard InChI is InChI=1S/C12H22O3/c1-2-14-7-3-4-12(13)10-11-5-8-15-9-6-11/h11H,2-10H2,1H3. The summed E-state index contributed by atoms with van der Waals surface area (Å²) in [6, 6.07) is 0. The number of ether oxygens (including phenoxy) is 2. The molecule has 0 aromatic carbocycles. The zero-order valence-corrected chi connectivity index (χ0v) is 9.67. The van der Waals surface area contributed by atoms with E-state index >= 15 is 0 Å². The Morgan fingerprint density at radius 1 is 1.40 bits per heavy atom. The number of carbonyl (C=O) groups excluding carboxylic acids is 1. The molecule has 0 unspecified atom stereocenters. The highest BCUT2D eigenvalue weighted by atomic mass is 16.5.